The molecule has 1 saturated carbocycles. The van der Waals surface area contributed by atoms with Gasteiger partial charge in [0.1, 0.15) is 11.6 Å². The van der Waals surface area contributed by atoms with Gasteiger partial charge in [-0.2, -0.15) is 13.2 Å². The molecule has 0 saturated heterocycles. The minimum absolute atomic E-state index is 0.189. The Hall–Kier alpha value is -1.53. The van der Waals surface area contributed by atoms with Crippen LogP contribution in [0.4, 0.5) is 24.8 Å². The summed E-state index contributed by atoms with van der Waals surface area (Å²) in [6.07, 6.45) is -1.03. The summed E-state index contributed by atoms with van der Waals surface area (Å²) >= 11 is 0. The normalized spacial score (nSPS) is 15.8. The van der Waals surface area contributed by atoms with Crippen molar-refractivity contribution in [3.05, 3.63) is 11.9 Å². The molecule has 0 amide bonds. The highest BCUT2D eigenvalue weighted by Crippen LogP contribution is 2.31. The number of nitrogens with zero attached hydrogens (tertiary/aromatic N) is 3. The molecular weight excluding hydrogens is 269 g/mol. The van der Waals surface area contributed by atoms with Gasteiger partial charge in [0, 0.05) is 26.2 Å². The van der Waals surface area contributed by atoms with Crippen LogP contribution in [-0.4, -0.2) is 30.1 Å². The molecule has 0 bridgehead atoms. The fourth-order valence-corrected chi connectivity index (χ4v) is 2.22. The summed E-state index contributed by atoms with van der Waals surface area (Å²) in [4.78, 5) is 9.05. The molecule has 0 unspecified atom stereocenters. The van der Waals surface area contributed by atoms with Gasteiger partial charge in [0.05, 0.1) is 0 Å². The van der Waals surface area contributed by atoms with E-state index in [4.69, 9.17) is 0 Å². The topological polar surface area (TPSA) is 41.0 Å². The SMILES string of the molecule is CCN(CC1CCC1)c1cc(NC)nc(C(F)(F)F)n1. The van der Waals surface area contributed by atoms with E-state index in [0.29, 0.717) is 18.3 Å². The molecule has 1 aliphatic rings. The van der Waals surface area contributed by atoms with Crippen LogP contribution in [0.25, 0.3) is 0 Å². The zero-order valence-corrected chi connectivity index (χ0v) is 11.7. The molecule has 1 aromatic heterocycles. The third-order valence-electron chi connectivity index (χ3n) is 3.63. The number of hydrogen-bond donors (Lipinski definition) is 1. The number of nitrogens with one attached hydrogen (secondary N) is 1. The predicted molar refractivity (Wildman–Crippen MR) is 71.8 cm³/mol. The van der Waals surface area contributed by atoms with Crippen molar-refractivity contribution in [2.45, 2.75) is 32.4 Å². The van der Waals surface area contributed by atoms with Crippen molar-refractivity contribution in [1.29, 1.82) is 0 Å². The number of hydrogen-bond acceptors (Lipinski definition) is 4. The van der Waals surface area contributed by atoms with E-state index < -0.39 is 12.0 Å². The Bertz CT molecular complexity index is 457. The van der Waals surface area contributed by atoms with Gasteiger partial charge in [0.15, 0.2) is 0 Å². The summed E-state index contributed by atoms with van der Waals surface area (Å²) in [6, 6.07) is 1.57. The number of halogens is 3. The van der Waals surface area contributed by atoms with Crippen LogP contribution < -0.4 is 10.2 Å². The van der Waals surface area contributed by atoms with E-state index in [2.05, 4.69) is 15.3 Å². The molecule has 7 heteroatoms. The van der Waals surface area contributed by atoms with Crippen LogP contribution in [0, 0.1) is 5.92 Å². The molecule has 0 spiro atoms. The van der Waals surface area contributed by atoms with Crippen LogP contribution in [0.1, 0.15) is 32.0 Å². The second-order valence-corrected chi connectivity index (χ2v) is 5.02. The molecule has 4 nitrogen and oxygen atoms in total. The van der Waals surface area contributed by atoms with Gasteiger partial charge in [-0.15, -0.1) is 0 Å². The van der Waals surface area contributed by atoms with E-state index in [1.54, 1.807) is 13.1 Å². The maximum absolute atomic E-state index is 12.8. The standard InChI is InChI=1S/C13H19F3N4/c1-3-20(8-9-5-4-6-9)11-7-10(17-2)18-12(19-11)13(14,15)16/h7,9H,3-6,8H2,1-2H3,(H,17,18,19). The molecular formula is C13H19F3N4. The summed E-state index contributed by atoms with van der Waals surface area (Å²) < 4.78 is 38.5. The average Bonchev–Trinajstić information content (AvgIpc) is 2.36. The maximum Gasteiger partial charge on any atom is 0.451 e. The Labute approximate surface area is 116 Å². The van der Waals surface area contributed by atoms with Gasteiger partial charge in [-0.1, -0.05) is 6.42 Å². The van der Waals surface area contributed by atoms with Gasteiger partial charge >= 0.3 is 6.18 Å². The minimum atomic E-state index is -4.53. The molecule has 0 atom stereocenters. The van der Waals surface area contributed by atoms with Gasteiger partial charge < -0.3 is 10.2 Å². The van der Waals surface area contributed by atoms with E-state index >= 15 is 0 Å². The first kappa shape index (κ1) is 14.9. The summed E-state index contributed by atoms with van der Waals surface area (Å²) in [7, 11) is 1.55. The third-order valence-corrected chi connectivity index (χ3v) is 3.63. The van der Waals surface area contributed by atoms with E-state index in [1.165, 1.54) is 6.42 Å². The molecule has 1 aromatic rings. The van der Waals surface area contributed by atoms with Gasteiger partial charge in [-0.25, -0.2) is 9.97 Å². The number of aromatic nitrogens is 2. The molecule has 1 heterocycles. The highest BCUT2D eigenvalue weighted by molar-refractivity contribution is 5.49. The molecule has 1 aliphatic carbocycles. The first-order valence-corrected chi connectivity index (χ1v) is 6.83. The molecule has 1 fully saturated rings. The van der Waals surface area contributed by atoms with Crippen molar-refractivity contribution >= 4 is 11.6 Å². The second-order valence-electron chi connectivity index (χ2n) is 5.02. The van der Waals surface area contributed by atoms with Gasteiger partial charge in [-0.05, 0) is 25.7 Å². The van der Waals surface area contributed by atoms with Crippen molar-refractivity contribution in [1.82, 2.24) is 9.97 Å². The van der Waals surface area contributed by atoms with Gasteiger partial charge in [-0.3, -0.25) is 0 Å². The minimum Gasteiger partial charge on any atom is -0.373 e. The van der Waals surface area contributed by atoms with Crippen LogP contribution in [0.15, 0.2) is 6.07 Å². The summed E-state index contributed by atoms with van der Waals surface area (Å²) in [6.45, 7) is 3.31. The van der Waals surface area contributed by atoms with E-state index in [-0.39, 0.29) is 5.82 Å². The van der Waals surface area contributed by atoms with E-state index in [1.807, 2.05) is 11.8 Å². The first-order valence-electron chi connectivity index (χ1n) is 6.83. The number of alkyl halides is 3. The lowest BCUT2D eigenvalue weighted by Crippen LogP contribution is -2.33. The largest absolute Gasteiger partial charge is 0.451 e. The smallest absolute Gasteiger partial charge is 0.373 e. The summed E-state index contributed by atoms with van der Waals surface area (Å²) in [5, 5.41) is 2.66. The molecule has 20 heavy (non-hydrogen) atoms. The van der Waals surface area contributed by atoms with Crippen molar-refractivity contribution < 1.29 is 13.2 Å². The van der Waals surface area contributed by atoms with Crippen LogP contribution in [0.3, 0.4) is 0 Å². The van der Waals surface area contributed by atoms with Crippen LogP contribution in [0.5, 0.6) is 0 Å². The molecule has 0 aromatic carbocycles. The molecule has 1 N–H and O–H groups in total. The average molecular weight is 288 g/mol. The fraction of sp³-hybridized carbons (Fsp3) is 0.692. The molecule has 2 rings (SSSR count). The van der Waals surface area contributed by atoms with Crippen molar-refractivity contribution in [3.63, 3.8) is 0 Å². The predicted octanol–water partition coefficient (Wildman–Crippen LogP) is 3.16. The Balaban J connectivity index is 2.27. The van der Waals surface area contributed by atoms with Crippen molar-refractivity contribution in [2.75, 3.05) is 30.4 Å². The fourth-order valence-electron chi connectivity index (χ4n) is 2.22. The monoisotopic (exact) mass is 288 g/mol. The lowest BCUT2D eigenvalue weighted by molar-refractivity contribution is -0.144. The Morgan fingerprint density at radius 2 is 2.05 bits per heavy atom. The van der Waals surface area contributed by atoms with Crippen LogP contribution in [0.2, 0.25) is 0 Å². The Morgan fingerprint density at radius 3 is 2.50 bits per heavy atom. The Morgan fingerprint density at radius 1 is 1.35 bits per heavy atom. The summed E-state index contributed by atoms with van der Waals surface area (Å²) in [5.41, 5.74) is 0. The molecule has 0 radical (unpaired) electrons. The van der Waals surface area contributed by atoms with Crippen molar-refractivity contribution in [2.24, 2.45) is 5.92 Å². The van der Waals surface area contributed by atoms with Crippen molar-refractivity contribution in [3.8, 4) is 0 Å². The Kier molecular flexibility index (Phi) is 4.35. The highest BCUT2D eigenvalue weighted by atomic mass is 19.4. The molecule has 0 aliphatic heterocycles. The summed E-state index contributed by atoms with van der Waals surface area (Å²) in [5.74, 6) is 0.00385. The zero-order valence-electron chi connectivity index (χ0n) is 11.7. The first-order chi connectivity index (χ1) is 9.44. The number of rotatable bonds is 5. The molecule has 112 valence electrons. The van der Waals surface area contributed by atoms with Crippen LogP contribution in [-0.2, 0) is 6.18 Å². The quantitative estimate of drug-likeness (QED) is 0.903. The zero-order chi connectivity index (χ0) is 14.8. The second kappa shape index (κ2) is 5.85. The highest BCUT2D eigenvalue weighted by Gasteiger charge is 2.36. The lowest BCUT2D eigenvalue weighted by atomic mass is 9.85. The number of anilines is 2. The van der Waals surface area contributed by atoms with Gasteiger partial charge in [0.25, 0.3) is 0 Å². The van der Waals surface area contributed by atoms with E-state index in [9.17, 15) is 13.2 Å². The van der Waals surface area contributed by atoms with E-state index in [0.717, 1.165) is 19.4 Å². The van der Waals surface area contributed by atoms with Gasteiger partial charge in [0.2, 0.25) is 5.82 Å². The lowest BCUT2D eigenvalue weighted by Gasteiger charge is -2.32. The third kappa shape index (κ3) is 3.32. The van der Waals surface area contributed by atoms with Crippen LogP contribution >= 0.6 is 0 Å². The maximum atomic E-state index is 12.8.